The number of hydrogen-bond donors (Lipinski definition) is 0. The Kier molecular flexibility index (Phi) is 7.07. The Morgan fingerprint density at radius 2 is 1.37 bits per heavy atom. The molecule has 0 N–H and O–H groups in total. The van der Waals surface area contributed by atoms with Crippen LogP contribution in [-0.4, -0.2) is 23.3 Å². The Hall–Kier alpha value is -2.91. The minimum absolute atomic E-state index is 0.359. The van der Waals surface area contributed by atoms with Gasteiger partial charge in [-0.05, 0) is 32.4 Å². The van der Waals surface area contributed by atoms with E-state index in [1.54, 1.807) is 0 Å². The number of benzene rings is 3. The van der Waals surface area contributed by atoms with Gasteiger partial charge in [0.15, 0.2) is 6.04 Å². The van der Waals surface area contributed by atoms with Gasteiger partial charge in [0.25, 0.3) is 0 Å². The third-order valence-electron chi connectivity index (χ3n) is 4.43. The standard InChI is InChI=1S/C26H26ClNO2/c1-26(2,3)30-25(29)23(18-21-16-10-11-17-22(21)27)28-24(19-12-6-4-7-13-19)20-14-8-5-9-15-20/h4-17,23H,18H2,1-3H3/t23-/m1/s1. The summed E-state index contributed by atoms with van der Waals surface area (Å²) in [5.74, 6) is -0.369. The van der Waals surface area contributed by atoms with Crippen LogP contribution in [0.5, 0.6) is 0 Å². The fourth-order valence-electron chi connectivity index (χ4n) is 3.09. The summed E-state index contributed by atoms with van der Waals surface area (Å²) in [6, 6.07) is 26.5. The number of nitrogens with zero attached hydrogens (tertiary/aromatic N) is 1. The molecule has 0 unspecified atom stereocenters. The highest BCUT2D eigenvalue weighted by atomic mass is 35.5. The van der Waals surface area contributed by atoms with E-state index in [4.69, 9.17) is 21.3 Å². The number of ether oxygens (including phenoxy) is 1. The average molecular weight is 420 g/mol. The first-order chi connectivity index (χ1) is 14.3. The van der Waals surface area contributed by atoms with E-state index >= 15 is 0 Å². The van der Waals surface area contributed by atoms with Crippen LogP contribution in [0.1, 0.15) is 37.5 Å². The maximum atomic E-state index is 13.1. The molecule has 3 rings (SSSR count). The maximum absolute atomic E-state index is 13.1. The molecule has 0 saturated heterocycles. The van der Waals surface area contributed by atoms with Gasteiger partial charge in [-0.2, -0.15) is 0 Å². The summed E-state index contributed by atoms with van der Waals surface area (Å²) in [7, 11) is 0. The smallest absolute Gasteiger partial charge is 0.331 e. The van der Waals surface area contributed by atoms with Gasteiger partial charge >= 0.3 is 5.97 Å². The first-order valence-corrected chi connectivity index (χ1v) is 10.4. The van der Waals surface area contributed by atoms with Crippen LogP contribution >= 0.6 is 11.6 Å². The number of carbonyl (C=O) groups is 1. The van der Waals surface area contributed by atoms with Crippen molar-refractivity contribution in [3.8, 4) is 0 Å². The molecule has 4 heteroatoms. The van der Waals surface area contributed by atoms with E-state index in [-0.39, 0.29) is 5.97 Å². The Bertz CT molecular complexity index is 966. The van der Waals surface area contributed by atoms with Crippen molar-refractivity contribution < 1.29 is 9.53 Å². The van der Waals surface area contributed by atoms with Gasteiger partial charge in [0, 0.05) is 22.6 Å². The molecule has 3 aromatic rings. The van der Waals surface area contributed by atoms with Crippen molar-refractivity contribution in [3.63, 3.8) is 0 Å². The molecule has 0 fully saturated rings. The number of rotatable bonds is 6. The van der Waals surface area contributed by atoms with E-state index < -0.39 is 11.6 Å². The minimum Gasteiger partial charge on any atom is -0.458 e. The zero-order valence-corrected chi connectivity index (χ0v) is 18.3. The van der Waals surface area contributed by atoms with Crippen molar-refractivity contribution in [2.24, 2.45) is 4.99 Å². The monoisotopic (exact) mass is 419 g/mol. The molecule has 0 aliphatic heterocycles. The molecule has 0 aliphatic rings. The predicted molar refractivity (Wildman–Crippen MR) is 123 cm³/mol. The number of carbonyl (C=O) groups excluding carboxylic acids is 1. The number of aliphatic imine (C=N–C) groups is 1. The van der Waals surface area contributed by atoms with E-state index in [0.717, 1.165) is 22.4 Å². The van der Waals surface area contributed by atoms with Crippen LogP contribution in [0.25, 0.3) is 0 Å². The van der Waals surface area contributed by atoms with Crippen molar-refractivity contribution in [2.45, 2.75) is 38.8 Å². The van der Waals surface area contributed by atoms with Crippen molar-refractivity contribution in [3.05, 3.63) is 107 Å². The van der Waals surface area contributed by atoms with Gasteiger partial charge in [-0.25, -0.2) is 4.79 Å². The quantitative estimate of drug-likeness (QED) is 0.356. The Morgan fingerprint density at radius 1 is 0.867 bits per heavy atom. The van der Waals surface area contributed by atoms with Crippen LogP contribution in [-0.2, 0) is 16.0 Å². The highest BCUT2D eigenvalue weighted by molar-refractivity contribution is 6.31. The summed E-state index contributed by atoms with van der Waals surface area (Å²) in [6.07, 6.45) is 0.359. The first kappa shape index (κ1) is 21.8. The van der Waals surface area contributed by atoms with Crippen molar-refractivity contribution in [1.82, 2.24) is 0 Å². The van der Waals surface area contributed by atoms with E-state index in [9.17, 15) is 4.79 Å². The Balaban J connectivity index is 2.08. The SMILES string of the molecule is CC(C)(C)OC(=O)[C@@H](Cc1ccccc1Cl)N=C(c1ccccc1)c1ccccc1. The lowest BCUT2D eigenvalue weighted by molar-refractivity contribution is -0.156. The lowest BCUT2D eigenvalue weighted by Gasteiger charge is -2.23. The molecule has 0 aromatic heterocycles. The number of hydrogen-bond acceptors (Lipinski definition) is 3. The Morgan fingerprint density at radius 3 is 1.87 bits per heavy atom. The number of esters is 1. The second-order valence-electron chi connectivity index (χ2n) is 8.05. The van der Waals surface area contributed by atoms with E-state index in [0.29, 0.717) is 11.4 Å². The van der Waals surface area contributed by atoms with Gasteiger partial charge in [0.05, 0.1) is 5.71 Å². The fraction of sp³-hybridized carbons (Fsp3) is 0.231. The van der Waals surface area contributed by atoms with Gasteiger partial charge in [-0.1, -0.05) is 90.5 Å². The molecule has 1 atom stereocenters. The molecule has 0 aliphatic carbocycles. The molecular weight excluding hydrogens is 394 g/mol. The first-order valence-electron chi connectivity index (χ1n) is 9.98. The largest absolute Gasteiger partial charge is 0.458 e. The second-order valence-corrected chi connectivity index (χ2v) is 8.46. The molecule has 0 heterocycles. The minimum atomic E-state index is -0.723. The molecule has 3 aromatic carbocycles. The van der Waals surface area contributed by atoms with Crippen molar-refractivity contribution in [1.29, 1.82) is 0 Å². The predicted octanol–water partition coefficient (Wildman–Crippen LogP) is 6.13. The molecule has 0 spiro atoms. The van der Waals surface area contributed by atoms with Gasteiger partial charge in [0.1, 0.15) is 5.60 Å². The van der Waals surface area contributed by atoms with Gasteiger partial charge in [-0.3, -0.25) is 4.99 Å². The summed E-state index contributed by atoms with van der Waals surface area (Å²) in [5.41, 5.74) is 2.89. The fourth-order valence-corrected chi connectivity index (χ4v) is 3.30. The van der Waals surface area contributed by atoms with E-state index in [1.807, 2.05) is 106 Å². The molecule has 0 bridgehead atoms. The zero-order valence-electron chi connectivity index (χ0n) is 17.5. The highest BCUT2D eigenvalue weighted by Gasteiger charge is 2.26. The molecule has 0 radical (unpaired) electrons. The molecule has 3 nitrogen and oxygen atoms in total. The highest BCUT2D eigenvalue weighted by Crippen LogP contribution is 2.21. The van der Waals surface area contributed by atoms with Crippen molar-refractivity contribution >= 4 is 23.3 Å². The lowest BCUT2D eigenvalue weighted by Crippen LogP contribution is -2.33. The number of halogens is 1. The molecule has 0 amide bonds. The summed E-state index contributed by atoms with van der Waals surface area (Å²) < 4.78 is 5.70. The average Bonchev–Trinajstić information content (AvgIpc) is 2.72. The summed E-state index contributed by atoms with van der Waals surface area (Å²) in [6.45, 7) is 5.57. The second kappa shape index (κ2) is 9.73. The van der Waals surface area contributed by atoms with E-state index in [1.165, 1.54) is 0 Å². The maximum Gasteiger partial charge on any atom is 0.331 e. The molecular formula is C26H26ClNO2. The van der Waals surface area contributed by atoms with Gasteiger partial charge < -0.3 is 4.74 Å². The Labute approximate surface area is 183 Å². The molecule has 30 heavy (non-hydrogen) atoms. The van der Waals surface area contributed by atoms with Crippen molar-refractivity contribution in [2.75, 3.05) is 0 Å². The van der Waals surface area contributed by atoms with Crippen LogP contribution in [0.15, 0.2) is 89.9 Å². The summed E-state index contributed by atoms with van der Waals surface area (Å²) in [5, 5.41) is 0.613. The summed E-state index contributed by atoms with van der Waals surface area (Å²) >= 11 is 6.38. The van der Waals surface area contributed by atoms with Gasteiger partial charge in [0.2, 0.25) is 0 Å². The lowest BCUT2D eigenvalue weighted by atomic mass is 10.0. The van der Waals surface area contributed by atoms with Crippen LogP contribution < -0.4 is 0 Å². The summed E-state index contributed by atoms with van der Waals surface area (Å²) in [4.78, 5) is 18.0. The van der Waals surface area contributed by atoms with Gasteiger partial charge in [-0.15, -0.1) is 0 Å². The van der Waals surface area contributed by atoms with Crippen LogP contribution in [0.2, 0.25) is 5.02 Å². The topological polar surface area (TPSA) is 38.7 Å². The van der Waals surface area contributed by atoms with E-state index in [2.05, 4.69) is 0 Å². The van der Waals surface area contributed by atoms with Crippen LogP contribution in [0, 0.1) is 0 Å². The molecule has 0 saturated carbocycles. The third-order valence-corrected chi connectivity index (χ3v) is 4.80. The zero-order chi connectivity index (χ0) is 21.6. The van der Waals surface area contributed by atoms with Crippen LogP contribution in [0.3, 0.4) is 0 Å². The normalized spacial score (nSPS) is 12.1. The molecule has 154 valence electrons. The van der Waals surface area contributed by atoms with Crippen LogP contribution in [0.4, 0.5) is 0 Å². The third kappa shape index (κ3) is 6.04.